The van der Waals surface area contributed by atoms with Gasteiger partial charge < -0.3 is 24.5 Å². The molecule has 3 amide bonds. The lowest BCUT2D eigenvalue weighted by Gasteiger charge is -2.40. The molecule has 6 rings (SSSR count). The van der Waals surface area contributed by atoms with Gasteiger partial charge in [-0.2, -0.15) is 0 Å². The summed E-state index contributed by atoms with van der Waals surface area (Å²) in [5.74, 6) is -2.89. The van der Waals surface area contributed by atoms with E-state index >= 15 is 4.79 Å². The van der Waals surface area contributed by atoms with Gasteiger partial charge in [0.2, 0.25) is 11.8 Å². The number of hydrogen-bond donors (Lipinski definition) is 1. The number of nitrogens with zero attached hydrogens (tertiary/aromatic N) is 3. The van der Waals surface area contributed by atoms with E-state index in [0.29, 0.717) is 29.2 Å². The molecule has 8 nitrogen and oxygen atoms in total. The van der Waals surface area contributed by atoms with E-state index in [4.69, 9.17) is 16.3 Å². The van der Waals surface area contributed by atoms with E-state index in [-0.39, 0.29) is 23.8 Å². The summed E-state index contributed by atoms with van der Waals surface area (Å²) in [6.45, 7) is 9.92. The lowest BCUT2D eigenvalue weighted by Crippen LogP contribution is -2.58. The molecule has 3 aromatic carbocycles. The second-order valence-electron chi connectivity index (χ2n) is 12.7. The number of aliphatic hydroxyl groups excluding tert-OH is 1. The maximum atomic E-state index is 15.2. The van der Waals surface area contributed by atoms with Gasteiger partial charge in [0.1, 0.15) is 11.6 Å². The smallest absolute Gasteiger partial charge is 0.253 e. The number of hydrogen-bond acceptors (Lipinski definition) is 5. The van der Waals surface area contributed by atoms with Gasteiger partial charge in [-0.05, 0) is 36.1 Å². The number of likely N-dealkylation sites (tertiary alicyclic amines) is 1. The molecule has 3 saturated heterocycles. The number of carbonyl (C=O) groups excluding carboxylic acids is 3. The fourth-order valence-electron chi connectivity index (χ4n) is 7.93. The fourth-order valence-corrected chi connectivity index (χ4v) is 9.20. The van der Waals surface area contributed by atoms with E-state index < -0.39 is 54.0 Å². The molecule has 3 aliphatic heterocycles. The number of carbonyl (C=O) groups is 3. The Hall–Kier alpha value is -3.76. The summed E-state index contributed by atoms with van der Waals surface area (Å²) >= 11 is 10.5. The number of amides is 3. The van der Waals surface area contributed by atoms with E-state index in [1.165, 1.54) is 4.90 Å². The first-order valence-corrected chi connectivity index (χ1v) is 17.4. The molecule has 3 aliphatic rings. The molecule has 0 saturated carbocycles. The summed E-state index contributed by atoms with van der Waals surface area (Å²) in [6.07, 6.45) is 2.95. The number of ether oxygens (including phenoxy) is 1. The van der Waals surface area contributed by atoms with Gasteiger partial charge >= 0.3 is 0 Å². The number of rotatable bonds is 12. The van der Waals surface area contributed by atoms with E-state index in [2.05, 4.69) is 29.1 Å². The molecular weight excluding hydrogens is 694 g/mol. The van der Waals surface area contributed by atoms with Crippen molar-refractivity contribution < 1.29 is 24.2 Å². The zero-order chi connectivity index (χ0) is 34.2. The van der Waals surface area contributed by atoms with E-state index in [1.807, 2.05) is 79.7 Å². The third-order valence-electron chi connectivity index (χ3n) is 9.85. The van der Waals surface area contributed by atoms with Gasteiger partial charge in [-0.3, -0.25) is 14.4 Å². The molecule has 7 atom stereocenters. The van der Waals surface area contributed by atoms with Crippen molar-refractivity contribution in [1.82, 2.24) is 9.80 Å². The van der Waals surface area contributed by atoms with Gasteiger partial charge in [0, 0.05) is 24.5 Å². The summed E-state index contributed by atoms with van der Waals surface area (Å²) < 4.78 is 6.83. The maximum Gasteiger partial charge on any atom is 0.253 e. The second kappa shape index (κ2) is 14.0. The maximum absolute atomic E-state index is 15.2. The molecule has 0 aliphatic carbocycles. The van der Waals surface area contributed by atoms with Crippen LogP contribution in [0, 0.1) is 18.8 Å². The highest BCUT2D eigenvalue weighted by atomic mass is 79.9. The Labute approximate surface area is 294 Å². The Morgan fingerprint density at radius 2 is 1.71 bits per heavy atom. The van der Waals surface area contributed by atoms with Gasteiger partial charge in [-0.15, -0.1) is 13.2 Å². The number of anilines is 1. The predicted molar refractivity (Wildman–Crippen MR) is 190 cm³/mol. The number of alkyl halides is 1. The lowest BCUT2D eigenvalue weighted by atomic mass is 9.70. The Bertz CT molecular complexity index is 1690. The highest BCUT2D eigenvalue weighted by Crippen LogP contribution is 2.61. The van der Waals surface area contributed by atoms with Crippen molar-refractivity contribution in [2.75, 3.05) is 24.6 Å². The van der Waals surface area contributed by atoms with Crippen LogP contribution in [0.2, 0.25) is 5.02 Å². The van der Waals surface area contributed by atoms with E-state index in [9.17, 15) is 14.7 Å². The van der Waals surface area contributed by atoms with E-state index in [0.717, 1.165) is 11.1 Å². The van der Waals surface area contributed by atoms with Crippen molar-refractivity contribution >= 4 is 50.9 Å². The zero-order valence-electron chi connectivity index (χ0n) is 26.8. The number of halogens is 2. The van der Waals surface area contributed by atoms with Crippen LogP contribution in [0.3, 0.4) is 0 Å². The number of aliphatic hydroxyl groups is 1. The number of fused-ring (bicyclic) bond motifs is 1. The molecule has 1 N–H and O–H groups in total. The third kappa shape index (κ3) is 5.70. The lowest BCUT2D eigenvalue weighted by molar-refractivity contribution is -0.147. The molecule has 0 aromatic heterocycles. The normalized spacial score (nSPS) is 26.2. The minimum absolute atomic E-state index is 0.117. The largest absolute Gasteiger partial charge is 0.394 e. The number of para-hydroxylation sites is 1. The van der Waals surface area contributed by atoms with Crippen LogP contribution in [0.5, 0.6) is 0 Å². The summed E-state index contributed by atoms with van der Waals surface area (Å²) in [4.78, 5) is 49.2. The predicted octanol–water partition coefficient (Wildman–Crippen LogP) is 5.86. The molecule has 2 bridgehead atoms. The van der Waals surface area contributed by atoms with Crippen LogP contribution in [0.1, 0.15) is 29.2 Å². The minimum Gasteiger partial charge on any atom is -0.394 e. The van der Waals surface area contributed by atoms with Crippen LogP contribution in [-0.4, -0.2) is 74.9 Å². The Morgan fingerprint density at radius 1 is 1.04 bits per heavy atom. The van der Waals surface area contributed by atoms with Crippen molar-refractivity contribution in [3.05, 3.63) is 126 Å². The molecule has 48 heavy (non-hydrogen) atoms. The summed E-state index contributed by atoms with van der Waals surface area (Å²) in [7, 11) is 0. The summed E-state index contributed by atoms with van der Waals surface area (Å²) in [6, 6.07) is 22.1. The number of aryl methyl sites for hydroxylation is 1. The summed E-state index contributed by atoms with van der Waals surface area (Å²) in [5, 5.41) is 11.3. The average molecular weight is 733 g/mol. The molecular formula is C38H39BrClN3O5. The van der Waals surface area contributed by atoms with E-state index in [1.54, 1.807) is 28.0 Å². The molecule has 10 heteroatoms. The average Bonchev–Trinajstić information content (AvgIpc) is 3.68. The quantitative estimate of drug-likeness (QED) is 0.186. The van der Waals surface area contributed by atoms with Crippen LogP contribution < -0.4 is 4.90 Å². The van der Waals surface area contributed by atoms with Gasteiger partial charge in [-0.1, -0.05) is 112 Å². The fraction of sp³-hybridized carbons (Fsp3) is 0.342. The highest BCUT2D eigenvalue weighted by Gasteiger charge is 2.77. The molecule has 1 spiro atoms. The van der Waals surface area contributed by atoms with Crippen LogP contribution in [0.25, 0.3) is 0 Å². The molecule has 3 aromatic rings. The minimum atomic E-state index is -1.35. The first-order valence-electron chi connectivity index (χ1n) is 16.1. The highest BCUT2D eigenvalue weighted by molar-refractivity contribution is 9.09. The SMILES string of the molecule is C=CCN(Cc1ccccc1)C(=O)[C@H]1[C@@H]2OC3(CC2Br)C(C(=O)N(CC=C)c2c(C)cccc2Cl)N([C@H](CO)c2ccccc2)C(=O)[C@H]13. The van der Waals surface area contributed by atoms with Gasteiger partial charge in [0.05, 0.1) is 41.3 Å². The Kier molecular flexibility index (Phi) is 9.95. The third-order valence-corrected chi connectivity index (χ3v) is 11.0. The first kappa shape index (κ1) is 34.1. The van der Waals surface area contributed by atoms with Crippen LogP contribution >= 0.6 is 27.5 Å². The summed E-state index contributed by atoms with van der Waals surface area (Å²) in [5.41, 5.74) is 1.53. The van der Waals surface area contributed by atoms with Crippen LogP contribution in [0.4, 0.5) is 5.69 Å². The second-order valence-corrected chi connectivity index (χ2v) is 14.2. The van der Waals surface area contributed by atoms with Gasteiger partial charge in [-0.25, -0.2) is 0 Å². The zero-order valence-corrected chi connectivity index (χ0v) is 29.1. The van der Waals surface area contributed by atoms with Crippen molar-refractivity contribution in [3.63, 3.8) is 0 Å². The van der Waals surface area contributed by atoms with Crippen LogP contribution in [0.15, 0.2) is 104 Å². The molecule has 250 valence electrons. The van der Waals surface area contributed by atoms with Crippen molar-refractivity contribution in [2.24, 2.45) is 11.8 Å². The molecule has 0 radical (unpaired) electrons. The molecule has 3 unspecified atom stereocenters. The van der Waals surface area contributed by atoms with Crippen molar-refractivity contribution in [2.45, 2.75) is 48.5 Å². The van der Waals surface area contributed by atoms with Crippen LogP contribution in [-0.2, 0) is 25.7 Å². The first-order chi connectivity index (χ1) is 23.2. The monoisotopic (exact) mass is 731 g/mol. The standard InChI is InChI=1S/C38H39BrClN3O5/c1-4-19-41(22-25-14-8-6-9-15-25)35(45)30-31-36(46)43(29(23-44)26-16-10-7-11-17-26)34(38(31)21-27(39)33(30)48-38)37(47)42(20-5-2)32-24(3)13-12-18-28(32)40/h4-18,27,29-31,33-34,44H,1-2,19-23H2,3H3/t27?,29-,30-,31+,33-,34?,38?/m1/s1. The van der Waals surface area contributed by atoms with Crippen molar-refractivity contribution in [3.8, 4) is 0 Å². The van der Waals surface area contributed by atoms with Gasteiger partial charge in [0.25, 0.3) is 5.91 Å². The van der Waals surface area contributed by atoms with Crippen molar-refractivity contribution in [1.29, 1.82) is 0 Å². The molecule has 3 heterocycles. The number of benzene rings is 3. The Morgan fingerprint density at radius 3 is 2.33 bits per heavy atom. The molecule has 3 fully saturated rings. The van der Waals surface area contributed by atoms with Gasteiger partial charge in [0.15, 0.2) is 0 Å². The Balaban J connectivity index is 1.49. The topological polar surface area (TPSA) is 90.4 Å².